The molecule has 0 saturated heterocycles. The third-order valence-corrected chi connectivity index (χ3v) is 3.98. The third-order valence-electron chi connectivity index (χ3n) is 3.41. The first-order chi connectivity index (χ1) is 10.4. The van der Waals surface area contributed by atoms with Crippen molar-refractivity contribution in [2.75, 3.05) is 5.73 Å². The summed E-state index contributed by atoms with van der Waals surface area (Å²) in [5.41, 5.74) is 6.97. The van der Waals surface area contributed by atoms with Gasteiger partial charge in [-0.1, -0.05) is 35.3 Å². The van der Waals surface area contributed by atoms with E-state index in [9.17, 15) is 14.7 Å². The molecule has 0 bridgehead atoms. The molecule has 0 radical (unpaired) electrons. The van der Waals surface area contributed by atoms with Gasteiger partial charge < -0.3 is 10.8 Å². The summed E-state index contributed by atoms with van der Waals surface area (Å²) in [5.74, 6) is -1.08. The summed E-state index contributed by atoms with van der Waals surface area (Å²) in [4.78, 5) is 24.7. The molecule has 6 heteroatoms. The number of aromatic hydroxyl groups is 1. The molecule has 3 N–H and O–H groups in total. The summed E-state index contributed by atoms with van der Waals surface area (Å²) < 4.78 is 0. The minimum absolute atomic E-state index is 0.00859. The molecule has 0 amide bonds. The minimum Gasteiger partial charge on any atom is -0.505 e. The summed E-state index contributed by atoms with van der Waals surface area (Å²) in [6.07, 6.45) is 1.39. The molecule has 0 atom stereocenters. The molecule has 0 unspecified atom stereocenters. The van der Waals surface area contributed by atoms with Crippen LogP contribution in [0.5, 0.6) is 5.75 Å². The molecular formula is C16H9Cl2NO3. The Kier molecular flexibility index (Phi) is 3.43. The van der Waals surface area contributed by atoms with Crippen LogP contribution >= 0.6 is 23.2 Å². The van der Waals surface area contributed by atoms with Gasteiger partial charge in [-0.2, -0.15) is 0 Å². The van der Waals surface area contributed by atoms with Gasteiger partial charge in [-0.3, -0.25) is 9.59 Å². The second kappa shape index (κ2) is 5.16. The molecule has 3 rings (SSSR count). The highest BCUT2D eigenvalue weighted by Gasteiger charge is 2.34. The maximum absolute atomic E-state index is 12.4. The second-order valence-electron chi connectivity index (χ2n) is 4.82. The molecule has 0 aromatic heterocycles. The van der Waals surface area contributed by atoms with Crippen LogP contribution in [-0.4, -0.2) is 16.7 Å². The van der Waals surface area contributed by atoms with Gasteiger partial charge in [0.15, 0.2) is 17.3 Å². The zero-order valence-electron chi connectivity index (χ0n) is 11.1. The zero-order chi connectivity index (χ0) is 16.0. The van der Waals surface area contributed by atoms with Crippen molar-refractivity contribution < 1.29 is 14.7 Å². The lowest BCUT2D eigenvalue weighted by molar-refractivity contribution is 0.0991. The number of carbonyl (C=O) groups is 2. The smallest absolute Gasteiger partial charge is 0.199 e. The number of ketones is 2. The Hall–Kier alpha value is -2.30. The van der Waals surface area contributed by atoms with Crippen LogP contribution in [0.15, 0.2) is 35.9 Å². The zero-order valence-corrected chi connectivity index (χ0v) is 12.6. The first kappa shape index (κ1) is 14.6. The number of anilines is 1. The van der Waals surface area contributed by atoms with Gasteiger partial charge in [0.05, 0.1) is 21.2 Å². The van der Waals surface area contributed by atoms with Crippen molar-refractivity contribution in [1.29, 1.82) is 0 Å². The number of nitrogens with two attached hydrogens (primary N) is 1. The maximum Gasteiger partial charge on any atom is 0.199 e. The number of hydrogen-bond donors (Lipinski definition) is 2. The van der Waals surface area contributed by atoms with E-state index in [1.807, 2.05) is 0 Å². The Morgan fingerprint density at radius 1 is 1.05 bits per heavy atom. The summed E-state index contributed by atoms with van der Waals surface area (Å²) in [5, 5.41) is 9.61. The number of carbonyl (C=O) groups excluding carboxylic acids is 2. The number of hydrogen-bond acceptors (Lipinski definition) is 4. The first-order valence-corrected chi connectivity index (χ1v) is 7.03. The first-order valence-electron chi connectivity index (χ1n) is 6.27. The van der Waals surface area contributed by atoms with Crippen LogP contribution in [0.25, 0.3) is 6.08 Å². The number of Topliss-reactive ketones (excluding diaryl/α,β-unsaturated/α-hetero) is 2. The molecule has 110 valence electrons. The lowest BCUT2D eigenvalue weighted by Gasteiger charge is -2.02. The van der Waals surface area contributed by atoms with Gasteiger partial charge >= 0.3 is 0 Å². The fourth-order valence-electron chi connectivity index (χ4n) is 2.36. The molecule has 2 aromatic rings. The summed E-state index contributed by atoms with van der Waals surface area (Å²) >= 11 is 11.7. The number of phenols is 1. The average molecular weight is 334 g/mol. The molecule has 0 aliphatic heterocycles. The molecule has 22 heavy (non-hydrogen) atoms. The molecule has 1 aliphatic carbocycles. The topological polar surface area (TPSA) is 80.4 Å². The molecule has 0 fully saturated rings. The Morgan fingerprint density at radius 2 is 1.68 bits per heavy atom. The highest BCUT2D eigenvalue weighted by molar-refractivity contribution is 6.43. The number of phenolic OH excluding ortho intramolecular Hbond substituents is 1. The van der Waals surface area contributed by atoms with Crippen molar-refractivity contribution in [2.24, 2.45) is 0 Å². The predicted molar refractivity (Wildman–Crippen MR) is 85.6 cm³/mol. The monoisotopic (exact) mass is 333 g/mol. The van der Waals surface area contributed by atoms with Gasteiger partial charge in [0.2, 0.25) is 0 Å². The number of rotatable bonds is 1. The number of halogens is 2. The quantitative estimate of drug-likeness (QED) is 0.473. The Morgan fingerprint density at radius 3 is 2.27 bits per heavy atom. The van der Waals surface area contributed by atoms with Gasteiger partial charge in [0.1, 0.15) is 0 Å². The third kappa shape index (κ3) is 2.17. The largest absolute Gasteiger partial charge is 0.505 e. The number of fused-ring (bicyclic) bond motifs is 1. The van der Waals surface area contributed by atoms with Crippen molar-refractivity contribution in [3.63, 3.8) is 0 Å². The Balaban J connectivity index is 2.13. The van der Waals surface area contributed by atoms with Crippen LogP contribution < -0.4 is 5.73 Å². The summed E-state index contributed by atoms with van der Waals surface area (Å²) in [6, 6.07) is 7.59. The van der Waals surface area contributed by atoms with E-state index in [1.54, 1.807) is 18.2 Å². The second-order valence-corrected chi connectivity index (χ2v) is 5.63. The molecule has 0 saturated carbocycles. The average Bonchev–Trinajstić information content (AvgIpc) is 2.71. The minimum atomic E-state index is -0.432. The highest BCUT2D eigenvalue weighted by Crippen LogP contribution is 2.35. The van der Waals surface area contributed by atoms with Gasteiger partial charge in [-0.05, 0) is 29.8 Å². The predicted octanol–water partition coefficient (Wildman–Crippen LogP) is 3.74. The molecule has 1 aliphatic rings. The van der Waals surface area contributed by atoms with E-state index in [4.69, 9.17) is 28.9 Å². The van der Waals surface area contributed by atoms with Crippen LogP contribution in [-0.2, 0) is 0 Å². The summed E-state index contributed by atoms with van der Waals surface area (Å²) in [7, 11) is 0. The van der Waals surface area contributed by atoms with Crippen LogP contribution in [0, 0.1) is 0 Å². The fourth-order valence-corrected chi connectivity index (χ4v) is 2.87. The molecule has 2 aromatic carbocycles. The van der Waals surface area contributed by atoms with E-state index in [0.29, 0.717) is 5.56 Å². The van der Waals surface area contributed by atoms with Crippen molar-refractivity contribution in [3.05, 3.63) is 62.6 Å². The van der Waals surface area contributed by atoms with Crippen LogP contribution in [0.2, 0.25) is 10.0 Å². The van der Waals surface area contributed by atoms with Crippen LogP contribution in [0.3, 0.4) is 0 Å². The standard InChI is InChI=1S/C16H9Cl2NO3/c17-10-5-7(6-11(18)16(10)22)4-9-14(20)8-2-1-3-12(19)13(8)15(9)21/h1-6,22H,19H2. The number of benzene rings is 2. The van der Waals surface area contributed by atoms with Gasteiger partial charge in [0, 0.05) is 11.3 Å². The van der Waals surface area contributed by atoms with E-state index in [2.05, 4.69) is 0 Å². The van der Waals surface area contributed by atoms with E-state index >= 15 is 0 Å². The highest BCUT2D eigenvalue weighted by atomic mass is 35.5. The van der Waals surface area contributed by atoms with Crippen molar-refractivity contribution in [3.8, 4) is 5.75 Å². The maximum atomic E-state index is 12.4. The van der Waals surface area contributed by atoms with E-state index in [0.717, 1.165) is 0 Å². The Bertz CT molecular complexity index is 849. The molecule has 0 spiro atoms. The van der Waals surface area contributed by atoms with Gasteiger partial charge in [0.25, 0.3) is 0 Å². The van der Waals surface area contributed by atoms with Crippen molar-refractivity contribution in [1.82, 2.24) is 0 Å². The lowest BCUT2D eigenvalue weighted by Crippen LogP contribution is -2.01. The molecular weight excluding hydrogens is 325 g/mol. The number of allylic oxidation sites excluding steroid dienone is 1. The van der Waals surface area contributed by atoms with E-state index < -0.39 is 11.6 Å². The Labute approximate surface area is 135 Å². The van der Waals surface area contributed by atoms with E-state index in [1.165, 1.54) is 18.2 Å². The number of nitrogen functional groups attached to an aromatic ring is 1. The molecule has 0 heterocycles. The van der Waals surface area contributed by atoms with Gasteiger partial charge in [-0.15, -0.1) is 0 Å². The SMILES string of the molecule is Nc1cccc2c1C(=O)C(=Cc1cc(Cl)c(O)c(Cl)c1)C2=O. The van der Waals surface area contributed by atoms with Crippen LogP contribution in [0.4, 0.5) is 5.69 Å². The fraction of sp³-hybridized carbons (Fsp3) is 0. The van der Waals surface area contributed by atoms with Crippen molar-refractivity contribution >= 4 is 46.5 Å². The molecule has 4 nitrogen and oxygen atoms in total. The normalized spacial score (nSPS) is 15.5. The van der Waals surface area contributed by atoms with Crippen molar-refractivity contribution in [2.45, 2.75) is 0 Å². The summed E-state index contributed by atoms with van der Waals surface area (Å²) in [6.45, 7) is 0. The van der Waals surface area contributed by atoms with Gasteiger partial charge in [-0.25, -0.2) is 0 Å². The lowest BCUT2D eigenvalue weighted by atomic mass is 10.1. The van der Waals surface area contributed by atoms with E-state index in [-0.39, 0.29) is 38.2 Å². The van der Waals surface area contributed by atoms with Crippen LogP contribution in [0.1, 0.15) is 26.3 Å².